The van der Waals surface area contributed by atoms with Crippen LogP contribution in [-0.2, 0) is 0 Å². The molecular weight excluding hydrogens is 206 g/mol. The Bertz CT molecular complexity index is 616. The van der Waals surface area contributed by atoms with Gasteiger partial charge in [-0.2, -0.15) is 0 Å². The van der Waals surface area contributed by atoms with E-state index in [1.54, 1.807) is 0 Å². The number of rotatable bonds is 0. The van der Waals surface area contributed by atoms with E-state index in [0.29, 0.717) is 0 Å². The van der Waals surface area contributed by atoms with Crippen molar-refractivity contribution in [3.05, 3.63) is 71.9 Å². The van der Waals surface area contributed by atoms with Gasteiger partial charge in [-0.1, -0.05) is 54.7 Å². The van der Waals surface area contributed by atoms with E-state index in [4.69, 9.17) is 0 Å². The van der Waals surface area contributed by atoms with Gasteiger partial charge in [-0.3, -0.25) is 0 Å². The SMILES string of the molecule is C1=CCC23Nc4ccccc4C2=CC=CC3=C1. The summed E-state index contributed by atoms with van der Waals surface area (Å²) in [6.07, 6.45) is 14.3. The van der Waals surface area contributed by atoms with Crippen LogP contribution in [0.1, 0.15) is 12.0 Å². The van der Waals surface area contributed by atoms with E-state index in [-0.39, 0.29) is 5.54 Å². The van der Waals surface area contributed by atoms with E-state index in [1.807, 2.05) is 0 Å². The fourth-order valence-corrected chi connectivity index (χ4v) is 3.10. The molecule has 1 unspecified atom stereocenters. The molecule has 0 bridgehead atoms. The summed E-state index contributed by atoms with van der Waals surface area (Å²) in [7, 11) is 0. The summed E-state index contributed by atoms with van der Waals surface area (Å²) in [4.78, 5) is 0. The van der Waals surface area contributed by atoms with Crippen LogP contribution in [0, 0.1) is 0 Å². The molecule has 4 rings (SSSR count). The number of nitrogens with one attached hydrogen (secondary N) is 1. The number of allylic oxidation sites excluding steroid dienone is 4. The highest BCUT2D eigenvalue weighted by atomic mass is 15.0. The minimum atomic E-state index is -0.00676. The molecule has 0 amide bonds. The molecule has 0 saturated carbocycles. The Labute approximate surface area is 101 Å². The Kier molecular flexibility index (Phi) is 1.60. The van der Waals surface area contributed by atoms with Gasteiger partial charge < -0.3 is 5.32 Å². The van der Waals surface area contributed by atoms with E-state index in [0.717, 1.165) is 6.42 Å². The molecule has 3 aliphatic rings. The van der Waals surface area contributed by atoms with Gasteiger partial charge >= 0.3 is 0 Å². The third-order valence-corrected chi connectivity index (χ3v) is 3.89. The molecule has 0 radical (unpaired) electrons. The fraction of sp³-hybridized carbons (Fsp3) is 0.125. The predicted octanol–water partition coefficient (Wildman–Crippen LogP) is 3.69. The normalized spacial score (nSPS) is 27.5. The second-order valence-corrected chi connectivity index (χ2v) is 4.77. The Balaban J connectivity index is 1.99. The minimum Gasteiger partial charge on any atom is -0.371 e. The number of fused-ring (bicyclic) bond motifs is 2. The lowest BCUT2D eigenvalue weighted by atomic mass is 9.74. The van der Waals surface area contributed by atoms with Gasteiger partial charge in [0.15, 0.2) is 0 Å². The van der Waals surface area contributed by atoms with Gasteiger partial charge in [-0.15, -0.1) is 0 Å². The summed E-state index contributed by atoms with van der Waals surface area (Å²) in [5, 5.41) is 3.71. The van der Waals surface area contributed by atoms with Crippen LogP contribution in [0.25, 0.3) is 5.57 Å². The number of benzene rings is 1. The largest absolute Gasteiger partial charge is 0.371 e. The number of para-hydroxylation sites is 1. The lowest BCUT2D eigenvalue weighted by Gasteiger charge is -2.36. The minimum absolute atomic E-state index is 0.00676. The first-order chi connectivity index (χ1) is 8.40. The summed E-state index contributed by atoms with van der Waals surface area (Å²) in [5.74, 6) is 0. The van der Waals surface area contributed by atoms with Crippen molar-refractivity contribution < 1.29 is 0 Å². The van der Waals surface area contributed by atoms with Crippen LogP contribution in [-0.4, -0.2) is 5.54 Å². The quantitative estimate of drug-likeness (QED) is 0.701. The van der Waals surface area contributed by atoms with Crippen LogP contribution in [0.15, 0.2) is 66.3 Å². The van der Waals surface area contributed by atoms with Gasteiger partial charge in [0, 0.05) is 11.3 Å². The van der Waals surface area contributed by atoms with Gasteiger partial charge in [-0.25, -0.2) is 0 Å². The van der Waals surface area contributed by atoms with Crippen molar-refractivity contribution in [2.45, 2.75) is 12.0 Å². The zero-order valence-electron chi connectivity index (χ0n) is 9.48. The maximum atomic E-state index is 3.71. The Morgan fingerprint density at radius 2 is 2.00 bits per heavy atom. The average molecular weight is 219 g/mol. The number of anilines is 1. The van der Waals surface area contributed by atoms with Crippen LogP contribution in [0.2, 0.25) is 0 Å². The van der Waals surface area contributed by atoms with Crippen molar-refractivity contribution in [1.29, 1.82) is 0 Å². The highest BCUT2D eigenvalue weighted by Crippen LogP contribution is 2.50. The van der Waals surface area contributed by atoms with Gasteiger partial charge in [0.1, 0.15) is 0 Å². The smallest absolute Gasteiger partial charge is 0.0920 e. The van der Waals surface area contributed by atoms with Crippen molar-refractivity contribution in [3.63, 3.8) is 0 Å². The first-order valence-electron chi connectivity index (χ1n) is 6.04. The second-order valence-electron chi connectivity index (χ2n) is 4.77. The molecule has 1 heteroatoms. The van der Waals surface area contributed by atoms with Crippen molar-refractivity contribution >= 4 is 11.3 Å². The van der Waals surface area contributed by atoms with E-state index >= 15 is 0 Å². The highest BCUT2D eigenvalue weighted by molar-refractivity contribution is 5.95. The van der Waals surface area contributed by atoms with Crippen LogP contribution < -0.4 is 5.32 Å². The lowest BCUT2D eigenvalue weighted by Crippen LogP contribution is -2.38. The molecule has 1 spiro atoms. The molecule has 1 aromatic carbocycles. The summed E-state index contributed by atoms with van der Waals surface area (Å²) in [5.41, 5.74) is 5.37. The zero-order valence-corrected chi connectivity index (χ0v) is 9.48. The zero-order chi connectivity index (χ0) is 11.3. The van der Waals surface area contributed by atoms with E-state index in [1.165, 1.54) is 22.4 Å². The van der Waals surface area contributed by atoms with Gasteiger partial charge in [0.2, 0.25) is 0 Å². The van der Waals surface area contributed by atoms with E-state index in [9.17, 15) is 0 Å². The average Bonchev–Trinajstić information content (AvgIpc) is 2.71. The maximum absolute atomic E-state index is 3.71. The van der Waals surface area contributed by atoms with Crippen molar-refractivity contribution in [3.8, 4) is 0 Å². The van der Waals surface area contributed by atoms with Crippen molar-refractivity contribution in [2.75, 3.05) is 5.32 Å². The molecule has 82 valence electrons. The molecule has 0 fully saturated rings. The molecule has 17 heavy (non-hydrogen) atoms. The van der Waals surface area contributed by atoms with Crippen molar-refractivity contribution in [1.82, 2.24) is 0 Å². The van der Waals surface area contributed by atoms with Gasteiger partial charge in [-0.05, 0) is 23.6 Å². The molecule has 1 nitrogen and oxygen atoms in total. The van der Waals surface area contributed by atoms with Crippen LogP contribution >= 0.6 is 0 Å². The molecule has 2 aliphatic carbocycles. The van der Waals surface area contributed by atoms with E-state index < -0.39 is 0 Å². The molecule has 1 heterocycles. The predicted molar refractivity (Wildman–Crippen MR) is 71.8 cm³/mol. The van der Waals surface area contributed by atoms with Crippen molar-refractivity contribution in [2.24, 2.45) is 0 Å². The second kappa shape index (κ2) is 3.01. The summed E-state index contributed by atoms with van der Waals surface area (Å²) in [6.45, 7) is 0. The third-order valence-electron chi connectivity index (χ3n) is 3.89. The third kappa shape index (κ3) is 1.04. The summed E-state index contributed by atoms with van der Waals surface area (Å²) in [6, 6.07) is 8.58. The summed E-state index contributed by atoms with van der Waals surface area (Å²) < 4.78 is 0. The molecule has 0 saturated heterocycles. The first kappa shape index (κ1) is 9.06. The van der Waals surface area contributed by atoms with Crippen LogP contribution in [0.5, 0.6) is 0 Å². The van der Waals surface area contributed by atoms with Crippen LogP contribution in [0.3, 0.4) is 0 Å². The first-order valence-corrected chi connectivity index (χ1v) is 6.04. The maximum Gasteiger partial charge on any atom is 0.0920 e. The molecule has 1 atom stereocenters. The standard InChI is InChI=1S/C16H13N/c1-2-10-15-13(8-1)14-9-5-7-12-6-3-4-11-16(12,14)17-15/h1-10,17H,11H2. The van der Waals surface area contributed by atoms with Gasteiger partial charge in [0.25, 0.3) is 0 Å². The Hall–Kier alpha value is -2.02. The molecular formula is C16H13N. The van der Waals surface area contributed by atoms with Crippen LogP contribution in [0.4, 0.5) is 5.69 Å². The summed E-state index contributed by atoms with van der Waals surface area (Å²) >= 11 is 0. The Morgan fingerprint density at radius 1 is 1.06 bits per heavy atom. The van der Waals surface area contributed by atoms with E-state index in [2.05, 4.69) is 66.0 Å². The fourth-order valence-electron chi connectivity index (χ4n) is 3.10. The number of hydrogen-bond donors (Lipinski definition) is 1. The molecule has 1 aliphatic heterocycles. The molecule has 0 aromatic heterocycles. The number of hydrogen-bond acceptors (Lipinski definition) is 1. The lowest BCUT2D eigenvalue weighted by molar-refractivity contribution is 0.718. The monoisotopic (exact) mass is 219 g/mol. The molecule has 1 N–H and O–H groups in total. The highest BCUT2D eigenvalue weighted by Gasteiger charge is 2.44. The topological polar surface area (TPSA) is 12.0 Å². The van der Waals surface area contributed by atoms with Gasteiger partial charge in [0.05, 0.1) is 5.54 Å². The Morgan fingerprint density at radius 3 is 3.00 bits per heavy atom. The molecule has 1 aromatic rings.